The smallest absolute Gasteiger partial charge is 0.247 e. The van der Waals surface area contributed by atoms with Crippen molar-refractivity contribution in [1.82, 2.24) is 0 Å². The predicted octanol–water partition coefficient (Wildman–Crippen LogP) is 1.11. The number of thiocarbonyl (C=S) groups is 1. The zero-order valence-corrected chi connectivity index (χ0v) is 13.5. The maximum atomic E-state index is 12.4. The van der Waals surface area contributed by atoms with Crippen LogP contribution < -0.4 is 10.6 Å². The zero-order valence-electron chi connectivity index (χ0n) is 11.9. The molecule has 20 heavy (non-hydrogen) atoms. The number of nitrogens with zero attached hydrogens (tertiary/aromatic N) is 1. The Hall–Kier alpha value is -1.47. The molecule has 0 unspecified atom stereocenters. The molecular weight excluding hydrogens is 296 g/mol. The Balaban J connectivity index is 3.19. The Morgan fingerprint density at radius 2 is 1.90 bits per heavy atom. The van der Waals surface area contributed by atoms with E-state index in [2.05, 4.69) is 0 Å². The Bertz CT molecular complexity index is 651. The van der Waals surface area contributed by atoms with Crippen LogP contribution in [0.25, 0.3) is 0 Å². The summed E-state index contributed by atoms with van der Waals surface area (Å²) in [5.74, 6) is -0.514. The molecule has 0 saturated heterocycles. The number of carbonyl (C=O) groups is 1. The van der Waals surface area contributed by atoms with Crippen molar-refractivity contribution in [2.75, 3.05) is 18.2 Å². The number of rotatable bonds is 4. The average molecular weight is 314 g/mol. The highest BCUT2D eigenvalue weighted by molar-refractivity contribution is 7.92. The number of hydrogen-bond donors (Lipinski definition) is 1. The molecule has 0 radical (unpaired) electrons. The number of hydrogen-bond acceptors (Lipinski definition) is 4. The number of amides is 1. The van der Waals surface area contributed by atoms with Crippen LogP contribution in [0.3, 0.4) is 0 Å². The standard InChI is InChI=1S/C13H18N2O3S2/c1-13(2,20(4,17)18)12(16)15(3)10-7-5-6-9(8-10)11(14)19/h5-8H,1-4H3,(H2,14,19). The topological polar surface area (TPSA) is 80.5 Å². The Labute approximate surface area is 124 Å². The second kappa shape index (κ2) is 5.49. The van der Waals surface area contributed by atoms with E-state index in [1.807, 2.05) is 0 Å². The van der Waals surface area contributed by atoms with Crippen LogP contribution in [0.1, 0.15) is 19.4 Å². The van der Waals surface area contributed by atoms with Crippen LogP contribution in [0.5, 0.6) is 0 Å². The molecule has 0 atom stereocenters. The molecule has 0 saturated carbocycles. The Morgan fingerprint density at radius 1 is 1.35 bits per heavy atom. The van der Waals surface area contributed by atoms with Gasteiger partial charge in [-0.2, -0.15) is 0 Å². The summed E-state index contributed by atoms with van der Waals surface area (Å²) in [7, 11) is -2.00. The largest absolute Gasteiger partial charge is 0.389 e. The maximum Gasteiger partial charge on any atom is 0.247 e. The van der Waals surface area contributed by atoms with Gasteiger partial charge in [0, 0.05) is 24.6 Å². The van der Waals surface area contributed by atoms with Crippen molar-refractivity contribution in [1.29, 1.82) is 0 Å². The van der Waals surface area contributed by atoms with Gasteiger partial charge in [0.05, 0.1) is 0 Å². The highest BCUT2D eigenvalue weighted by atomic mass is 32.2. The van der Waals surface area contributed by atoms with Gasteiger partial charge in [-0.1, -0.05) is 24.4 Å². The van der Waals surface area contributed by atoms with Crippen molar-refractivity contribution in [3.63, 3.8) is 0 Å². The van der Waals surface area contributed by atoms with E-state index >= 15 is 0 Å². The van der Waals surface area contributed by atoms with Gasteiger partial charge in [0.1, 0.15) is 9.74 Å². The third-order valence-corrected chi connectivity index (χ3v) is 5.53. The van der Waals surface area contributed by atoms with Crippen LogP contribution in [-0.2, 0) is 14.6 Å². The summed E-state index contributed by atoms with van der Waals surface area (Å²) < 4.78 is 21.9. The van der Waals surface area contributed by atoms with Crippen molar-refractivity contribution >= 4 is 38.6 Å². The monoisotopic (exact) mass is 314 g/mol. The molecule has 1 aromatic carbocycles. The quantitative estimate of drug-likeness (QED) is 0.842. The van der Waals surface area contributed by atoms with Gasteiger partial charge in [0.2, 0.25) is 5.91 Å². The van der Waals surface area contributed by atoms with Gasteiger partial charge < -0.3 is 10.6 Å². The highest BCUT2D eigenvalue weighted by Gasteiger charge is 2.40. The van der Waals surface area contributed by atoms with Gasteiger partial charge in [0.15, 0.2) is 9.84 Å². The molecular formula is C13H18N2O3S2. The van der Waals surface area contributed by atoms with E-state index < -0.39 is 20.5 Å². The fourth-order valence-electron chi connectivity index (χ4n) is 1.55. The van der Waals surface area contributed by atoms with E-state index in [0.717, 1.165) is 6.26 Å². The molecule has 1 amide bonds. The lowest BCUT2D eigenvalue weighted by atomic mass is 10.1. The highest BCUT2D eigenvalue weighted by Crippen LogP contribution is 2.23. The minimum Gasteiger partial charge on any atom is -0.389 e. The SMILES string of the molecule is CN(C(=O)C(C)(C)S(C)(=O)=O)c1cccc(C(N)=S)c1. The minimum atomic E-state index is -3.52. The maximum absolute atomic E-state index is 12.4. The van der Waals surface area contributed by atoms with Crippen LogP contribution in [0.2, 0.25) is 0 Å². The molecule has 0 aromatic heterocycles. The molecule has 0 bridgehead atoms. The van der Waals surface area contributed by atoms with Crippen molar-refractivity contribution in [2.24, 2.45) is 5.73 Å². The minimum absolute atomic E-state index is 0.218. The van der Waals surface area contributed by atoms with E-state index in [1.54, 1.807) is 24.3 Å². The van der Waals surface area contributed by atoms with Crippen molar-refractivity contribution < 1.29 is 13.2 Å². The summed E-state index contributed by atoms with van der Waals surface area (Å²) in [5.41, 5.74) is 6.70. The number of anilines is 1. The number of nitrogens with two attached hydrogens (primary N) is 1. The predicted molar refractivity (Wildman–Crippen MR) is 84.7 cm³/mol. The fourth-order valence-corrected chi connectivity index (χ4v) is 2.13. The van der Waals surface area contributed by atoms with Gasteiger partial charge in [-0.25, -0.2) is 8.42 Å². The zero-order chi connectivity index (χ0) is 15.7. The molecule has 2 N–H and O–H groups in total. The molecule has 0 aliphatic rings. The number of carbonyl (C=O) groups excluding carboxylic acids is 1. The normalized spacial score (nSPS) is 12.0. The van der Waals surface area contributed by atoms with Crippen LogP contribution in [0.15, 0.2) is 24.3 Å². The Kier molecular flexibility index (Phi) is 4.55. The van der Waals surface area contributed by atoms with Crippen molar-refractivity contribution in [3.05, 3.63) is 29.8 Å². The van der Waals surface area contributed by atoms with E-state index in [0.29, 0.717) is 11.3 Å². The summed E-state index contributed by atoms with van der Waals surface area (Å²) in [6, 6.07) is 6.78. The van der Waals surface area contributed by atoms with Crippen LogP contribution >= 0.6 is 12.2 Å². The first-order valence-corrected chi connectivity index (χ1v) is 8.16. The second-order valence-corrected chi connectivity index (χ2v) is 8.07. The van der Waals surface area contributed by atoms with E-state index in [-0.39, 0.29) is 4.99 Å². The fraction of sp³-hybridized carbons (Fsp3) is 0.385. The van der Waals surface area contributed by atoms with Crippen LogP contribution in [0, 0.1) is 0 Å². The summed E-state index contributed by atoms with van der Waals surface area (Å²) in [4.78, 5) is 13.9. The molecule has 110 valence electrons. The van der Waals surface area contributed by atoms with E-state index in [1.165, 1.54) is 25.8 Å². The molecule has 0 fully saturated rings. The summed E-state index contributed by atoms with van der Waals surface area (Å²) in [6.07, 6.45) is 1.05. The van der Waals surface area contributed by atoms with Crippen LogP contribution in [0.4, 0.5) is 5.69 Å². The van der Waals surface area contributed by atoms with E-state index in [4.69, 9.17) is 18.0 Å². The summed E-state index contributed by atoms with van der Waals surface area (Å²) >= 11 is 4.89. The molecule has 0 heterocycles. The van der Waals surface area contributed by atoms with Gasteiger partial charge in [0.25, 0.3) is 0 Å². The van der Waals surface area contributed by atoms with Crippen LogP contribution in [-0.4, -0.2) is 37.4 Å². The first-order valence-electron chi connectivity index (χ1n) is 5.86. The van der Waals surface area contributed by atoms with Crippen molar-refractivity contribution in [2.45, 2.75) is 18.6 Å². The molecule has 1 aromatic rings. The molecule has 1 rings (SSSR count). The molecule has 5 nitrogen and oxygen atoms in total. The lowest BCUT2D eigenvalue weighted by Crippen LogP contribution is -2.48. The Morgan fingerprint density at radius 3 is 2.35 bits per heavy atom. The molecule has 7 heteroatoms. The van der Waals surface area contributed by atoms with Gasteiger partial charge >= 0.3 is 0 Å². The lowest BCUT2D eigenvalue weighted by molar-refractivity contribution is -0.120. The average Bonchev–Trinajstić information content (AvgIpc) is 2.35. The van der Waals surface area contributed by atoms with Gasteiger partial charge in [-0.15, -0.1) is 0 Å². The first-order chi connectivity index (χ1) is 8.98. The second-order valence-electron chi connectivity index (χ2n) is 5.06. The third-order valence-electron chi connectivity index (χ3n) is 3.26. The van der Waals surface area contributed by atoms with Gasteiger partial charge in [-0.3, -0.25) is 4.79 Å². The number of sulfone groups is 1. The van der Waals surface area contributed by atoms with Crippen molar-refractivity contribution in [3.8, 4) is 0 Å². The van der Waals surface area contributed by atoms with E-state index in [9.17, 15) is 13.2 Å². The first kappa shape index (κ1) is 16.6. The summed E-state index contributed by atoms with van der Waals surface area (Å²) in [5, 5.41) is 0. The lowest BCUT2D eigenvalue weighted by Gasteiger charge is -2.28. The molecule has 0 spiro atoms. The summed E-state index contributed by atoms with van der Waals surface area (Å²) in [6.45, 7) is 2.77. The molecule has 0 aliphatic carbocycles. The number of benzene rings is 1. The third kappa shape index (κ3) is 3.16. The van der Waals surface area contributed by atoms with Gasteiger partial charge in [-0.05, 0) is 26.0 Å². The molecule has 0 aliphatic heterocycles.